The number of sulfonamides is 1. The van der Waals surface area contributed by atoms with Crippen LogP contribution in [0.2, 0.25) is 0 Å². The standard InChI is InChI=1S/C15H25N3O3S/c1-15(2,3)14-13(8-17(4)16-14)22(19,20)18-6-10-11(7-18)12(10)9-21-5/h8,10-12H,6-7,9H2,1-5H3/t10-,11+,12?. The third-order valence-corrected chi connectivity index (χ3v) is 6.65. The third kappa shape index (κ3) is 2.49. The van der Waals surface area contributed by atoms with Gasteiger partial charge in [0.15, 0.2) is 0 Å². The summed E-state index contributed by atoms with van der Waals surface area (Å²) in [6.07, 6.45) is 1.63. The van der Waals surface area contributed by atoms with E-state index in [2.05, 4.69) is 5.10 Å². The van der Waals surface area contributed by atoms with Crippen molar-refractivity contribution >= 4 is 10.0 Å². The predicted octanol–water partition coefficient (Wildman–Crippen LogP) is 1.23. The van der Waals surface area contributed by atoms with Gasteiger partial charge in [-0.25, -0.2) is 8.42 Å². The van der Waals surface area contributed by atoms with Crippen molar-refractivity contribution in [2.75, 3.05) is 26.8 Å². The van der Waals surface area contributed by atoms with Crippen LogP contribution < -0.4 is 0 Å². The first kappa shape index (κ1) is 16.0. The van der Waals surface area contributed by atoms with Crippen molar-refractivity contribution in [1.82, 2.24) is 14.1 Å². The first-order chi connectivity index (χ1) is 10.2. The van der Waals surface area contributed by atoms with Gasteiger partial charge in [0.2, 0.25) is 10.0 Å². The van der Waals surface area contributed by atoms with Gasteiger partial charge in [0.05, 0.1) is 5.69 Å². The van der Waals surface area contributed by atoms with Crippen molar-refractivity contribution in [3.63, 3.8) is 0 Å². The number of piperidine rings is 1. The zero-order valence-corrected chi connectivity index (χ0v) is 14.7. The topological polar surface area (TPSA) is 64.4 Å². The molecule has 0 N–H and O–H groups in total. The van der Waals surface area contributed by atoms with Crippen LogP contribution in [0.3, 0.4) is 0 Å². The van der Waals surface area contributed by atoms with Crippen molar-refractivity contribution in [3.8, 4) is 0 Å². The molecular formula is C15H25N3O3S. The minimum Gasteiger partial charge on any atom is -0.384 e. The fraction of sp³-hybridized carbons (Fsp3) is 0.800. The van der Waals surface area contributed by atoms with Crippen LogP contribution >= 0.6 is 0 Å². The summed E-state index contributed by atoms with van der Waals surface area (Å²) in [5.74, 6) is 1.46. The largest absolute Gasteiger partial charge is 0.384 e. The Labute approximate surface area is 132 Å². The highest BCUT2D eigenvalue weighted by Crippen LogP contribution is 2.53. The lowest BCUT2D eigenvalue weighted by Gasteiger charge is -2.22. The zero-order chi connectivity index (χ0) is 16.3. The molecule has 0 amide bonds. The lowest BCUT2D eigenvalue weighted by Crippen LogP contribution is -2.33. The van der Waals surface area contributed by atoms with Crippen molar-refractivity contribution in [3.05, 3.63) is 11.9 Å². The molecule has 3 rings (SSSR count). The Kier molecular flexibility index (Phi) is 3.66. The average molecular weight is 327 g/mol. The Morgan fingerprint density at radius 1 is 1.32 bits per heavy atom. The van der Waals surface area contributed by atoms with E-state index < -0.39 is 10.0 Å². The van der Waals surface area contributed by atoms with Gasteiger partial charge in [-0.2, -0.15) is 9.40 Å². The highest BCUT2D eigenvalue weighted by molar-refractivity contribution is 7.89. The van der Waals surface area contributed by atoms with Gasteiger partial charge < -0.3 is 4.74 Å². The fourth-order valence-corrected chi connectivity index (χ4v) is 5.45. The number of hydrogen-bond donors (Lipinski definition) is 0. The molecule has 6 nitrogen and oxygen atoms in total. The van der Waals surface area contributed by atoms with Crippen molar-refractivity contribution in [1.29, 1.82) is 0 Å². The number of rotatable bonds is 4. The molecular weight excluding hydrogens is 302 g/mol. The van der Waals surface area contributed by atoms with Crippen molar-refractivity contribution in [2.45, 2.75) is 31.1 Å². The molecule has 3 atom stereocenters. The first-order valence-electron chi connectivity index (χ1n) is 7.69. The van der Waals surface area contributed by atoms with Crippen LogP contribution in [0, 0.1) is 17.8 Å². The molecule has 0 bridgehead atoms. The van der Waals surface area contributed by atoms with Gasteiger partial charge >= 0.3 is 0 Å². The maximum absolute atomic E-state index is 13.0. The minimum absolute atomic E-state index is 0.301. The summed E-state index contributed by atoms with van der Waals surface area (Å²) in [4.78, 5) is 0.354. The minimum atomic E-state index is -3.46. The molecule has 1 saturated heterocycles. The molecule has 1 saturated carbocycles. The summed E-state index contributed by atoms with van der Waals surface area (Å²) in [5, 5.41) is 4.39. The predicted molar refractivity (Wildman–Crippen MR) is 83.0 cm³/mol. The Hall–Kier alpha value is -0.920. The number of aromatic nitrogens is 2. The summed E-state index contributed by atoms with van der Waals surface area (Å²) in [6, 6.07) is 0. The second-order valence-corrected chi connectivity index (χ2v) is 9.44. The van der Waals surface area contributed by atoms with Gasteiger partial charge in [0, 0.05) is 45.5 Å². The molecule has 2 heterocycles. The highest BCUT2D eigenvalue weighted by Gasteiger charge is 2.58. The van der Waals surface area contributed by atoms with Crippen LogP contribution in [0.15, 0.2) is 11.1 Å². The molecule has 0 aromatic carbocycles. The van der Waals surface area contributed by atoms with Crippen LogP contribution in [-0.2, 0) is 27.2 Å². The molecule has 1 aromatic heterocycles. The van der Waals surface area contributed by atoms with E-state index >= 15 is 0 Å². The van der Waals surface area contributed by atoms with E-state index in [1.54, 1.807) is 29.3 Å². The molecule has 1 unspecified atom stereocenters. The molecule has 124 valence electrons. The second-order valence-electron chi connectivity index (χ2n) is 7.53. The van der Waals surface area contributed by atoms with E-state index in [4.69, 9.17) is 4.74 Å². The third-order valence-electron chi connectivity index (χ3n) is 4.82. The van der Waals surface area contributed by atoms with Crippen LogP contribution in [0.4, 0.5) is 0 Å². The number of methoxy groups -OCH3 is 1. The van der Waals surface area contributed by atoms with Gasteiger partial charge in [-0.3, -0.25) is 4.68 Å². The second kappa shape index (κ2) is 5.04. The van der Waals surface area contributed by atoms with E-state index in [9.17, 15) is 8.42 Å². The highest BCUT2D eigenvalue weighted by atomic mass is 32.2. The van der Waals surface area contributed by atoms with Crippen LogP contribution in [0.1, 0.15) is 26.5 Å². The normalized spacial score (nSPS) is 28.9. The smallest absolute Gasteiger partial charge is 0.246 e. The Morgan fingerprint density at radius 2 is 1.91 bits per heavy atom. The zero-order valence-electron chi connectivity index (χ0n) is 13.9. The number of fused-ring (bicyclic) bond motifs is 1. The van der Waals surface area contributed by atoms with Crippen LogP contribution in [0.25, 0.3) is 0 Å². The van der Waals surface area contributed by atoms with Gasteiger partial charge in [-0.15, -0.1) is 0 Å². The number of ether oxygens (including phenoxy) is 1. The number of aryl methyl sites for hydroxylation is 1. The lowest BCUT2D eigenvalue weighted by molar-refractivity contribution is 0.170. The van der Waals surface area contributed by atoms with Crippen LogP contribution in [0.5, 0.6) is 0 Å². The van der Waals surface area contributed by atoms with Gasteiger partial charge in [0.1, 0.15) is 4.90 Å². The molecule has 2 aliphatic rings. The lowest BCUT2D eigenvalue weighted by atomic mass is 9.92. The summed E-state index contributed by atoms with van der Waals surface area (Å²) in [5.41, 5.74) is 0.342. The molecule has 2 fully saturated rings. The molecule has 0 radical (unpaired) electrons. The first-order valence-corrected chi connectivity index (χ1v) is 9.13. The summed E-state index contributed by atoms with van der Waals surface area (Å²) >= 11 is 0. The van der Waals surface area contributed by atoms with Gasteiger partial charge in [0.25, 0.3) is 0 Å². The summed E-state index contributed by atoms with van der Waals surface area (Å²) < 4.78 is 34.4. The Balaban J connectivity index is 1.84. The maximum Gasteiger partial charge on any atom is 0.246 e. The van der Waals surface area contributed by atoms with E-state index in [-0.39, 0.29) is 5.41 Å². The van der Waals surface area contributed by atoms with Gasteiger partial charge in [-0.1, -0.05) is 20.8 Å². The Morgan fingerprint density at radius 3 is 2.41 bits per heavy atom. The summed E-state index contributed by atoms with van der Waals surface area (Å²) in [6.45, 7) is 7.93. The SMILES string of the molecule is COCC1[C@H]2CN(S(=O)(=O)c3cn(C)nc3C(C)(C)C)C[C@@H]12. The van der Waals surface area contributed by atoms with E-state index in [0.29, 0.717) is 41.4 Å². The van der Waals surface area contributed by atoms with Crippen molar-refractivity contribution < 1.29 is 13.2 Å². The average Bonchev–Trinajstić information content (AvgIpc) is 2.83. The van der Waals surface area contributed by atoms with E-state index in [1.165, 1.54) is 0 Å². The molecule has 1 aromatic rings. The van der Waals surface area contributed by atoms with E-state index in [1.807, 2.05) is 20.8 Å². The molecule has 7 heteroatoms. The number of nitrogens with zero attached hydrogens (tertiary/aromatic N) is 3. The monoisotopic (exact) mass is 327 g/mol. The maximum atomic E-state index is 13.0. The summed E-state index contributed by atoms with van der Waals surface area (Å²) in [7, 11) is 0.00702. The number of hydrogen-bond acceptors (Lipinski definition) is 4. The van der Waals surface area contributed by atoms with E-state index in [0.717, 1.165) is 6.61 Å². The molecule has 22 heavy (non-hydrogen) atoms. The molecule has 0 spiro atoms. The quantitative estimate of drug-likeness (QED) is 0.834. The van der Waals surface area contributed by atoms with Gasteiger partial charge in [-0.05, 0) is 17.8 Å². The molecule has 1 aliphatic carbocycles. The van der Waals surface area contributed by atoms with Crippen molar-refractivity contribution in [2.24, 2.45) is 24.8 Å². The Bertz CT molecular complexity index is 663. The fourth-order valence-electron chi connectivity index (χ4n) is 3.56. The van der Waals surface area contributed by atoms with Crippen LogP contribution in [-0.4, -0.2) is 49.3 Å². The molecule has 1 aliphatic heterocycles.